The second-order valence-corrected chi connectivity index (χ2v) is 9.65. The molecule has 1 aliphatic heterocycles. The van der Waals surface area contributed by atoms with Crippen LogP contribution in [0, 0.1) is 23.7 Å². The lowest BCUT2D eigenvalue weighted by Crippen LogP contribution is -2.49. The third-order valence-electron chi connectivity index (χ3n) is 7.90. The van der Waals surface area contributed by atoms with E-state index in [1.54, 1.807) is 0 Å². The van der Waals surface area contributed by atoms with Gasteiger partial charge in [0.05, 0.1) is 11.8 Å². The number of carbonyl (C=O) groups is 3. The van der Waals surface area contributed by atoms with E-state index in [0.29, 0.717) is 23.9 Å². The second kappa shape index (κ2) is 7.84. The van der Waals surface area contributed by atoms with Crippen LogP contribution in [0.5, 0.6) is 0 Å². The largest absolute Gasteiger partial charge is 0.324 e. The van der Waals surface area contributed by atoms with Crippen molar-refractivity contribution >= 4 is 34.2 Å². The molecule has 5 nitrogen and oxygen atoms in total. The molecule has 2 bridgehead atoms. The molecule has 2 saturated carbocycles. The first kappa shape index (κ1) is 20.2. The van der Waals surface area contributed by atoms with Gasteiger partial charge in [-0.15, -0.1) is 0 Å². The van der Waals surface area contributed by atoms with Gasteiger partial charge < -0.3 is 5.32 Å². The lowest BCUT2D eigenvalue weighted by Gasteiger charge is -2.27. The van der Waals surface area contributed by atoms with Gasteiger partial charge in [0.25, 0.3) is 0 Å². The Balaban J connectivity index is 1.35. The quantitative estimate of drug-likeness (QED) is 0.600. The van der Waals surface area contributed by atoms with Crippen LogP contribution >= 0.6 is 0 Å². The van der Waals surface area contributed by atoms with Gasteiger partial charge in [0, 0.05) is 17.5 Å². The maximum Gasteiger partial charge on any atom is 0.248 e. The summed E-state index contributed by atoms with van der Waals surface area (Å²) in [5.74, 6) is -0.499. The average Bonchev–Trinajstić information content (AvgIpc) is 3.52. The van der Waals surface area contributed by atoms with E-state index in [0.717, 1.165) is 35.6 Å². The number of hydrogen-bond acceptors (Lipinski definition) is 3. The maximum atomic E-state index is 13.7. The Hall–Kier alpha value is -3.47. The van der Waals surface area contributed by atoms with Crippen LogP contribution in [0.1, 0.15) is 24.8 Å². The van der Waals surface area contributed by atoms with Crippen molar-refractivity contribution in [2.24, 2.45) is 23.7 Å². The number of amides is 3. The number of fused-ring (bicyclic) bond motifs is 6. The van der Waals surface area contributed by atoms with Crippen molar-refractivity contribution < 1.29 is 14.4 Å². The summed E-state index contributed by atoms with van der Waals surface area (Å²) in [6, 6.07) is 22.4. The molecule has 5 atom stereocenters. The van der Waals surface area contributed by atoms with Gasteiger partial charge >= 0.3 is 0 Å². The molecule has 3 aromatic carbocycles. The number of imide groups is 1. The Labute approximate surface area is 192 Å². The zero-order valence-corrected chi connectivity index (χ0v) is 18.3. The minimum absolute atomic E-state index is 0.147. The summed E-state index contributed by atoms with van der Waals surface area (Å²) < 4.78 is 0. The minimum atomic E-state index is -0.864. The van der Waals surface area contributed by atoms with Gasteiger partial charge in [-0.05, 0) is 48.1 Å². The maximum absolute atomic E-state index is 13.7. The van der Waals surface area contributed by atoms with Crippen molar-refractivity contribution in [3.8, 4) is 0 Å². The van der Waals surface area contributed by atoms with Crippen molar-refractivity contribution in [1.82, 2.24) is 4.90 Å². The van der Waals surface area contributed by atoms with Crippen LogP contribution in [0.2, 0.25) is 0 Å². The standard InChI is InChI=1S/C28H26N2O3/c31-26(29-22-12-6-10-18-9-4-5-11-21(18)22)23(15-17-7-2-1-3-8-17)30-27(32)24-19-13-14-20(16-19)25(24)28(30)33/h1-12,19-20,23-25H,13-16H2,(H,29,31)/t19-,20-,23-,24+,25+/m0/s1. The molecule has 166 valence electrons. The summed E-state index contributed by atoms with van der Waals surface area (Å²) in [4.78, 5) is 42.0. The third kappa shape index (κ3) is 3.26. The third-order valence-corrected chi connectivity index (χ3v) is 7.90. The molecule has 1 saturated heterocycles. The molecule has 1 heterocycles. The first-order chi connectivity index (χ1) is 16.1. The second-order valence-electron chi connectivity index (χ2n) is 9.65. The summed E-state index contributed by atoms with van der Waals surface area (Å²) in [6.07, 6.45) is 3.32. The van der Waals surface area contributed by atoms with Gasteiger partial charge in [-0.3, -0.25) is 19.3 Å². The summed E-state index contributed by atoms with van der Waals surface area (Å²) in [5.41, 5.74) is 1.62. The summed E-state index contributed by atoms with van der Waals surface area (Å²) in [5, 5.41) is 5.00. The number of benzene rings is 3. The van der Waals surface area contributed by atoms with Gasteiger partial charge in [0.15, 0.2) is 0 Å². The minimum Gasteiger partial charge on any atom is -0.324 e. The number of carbonyl (C=O) groups excluding carboxylic acids is 3. The fraction of sp³-hybridized carbons (Fsp3) is 0.321. The average molecular weight is 439 g/mol. The molecule has 3 amide bonds. The molecule has 3 fully saturated rings. The molecule has 1 N–H and O–H groups in total. The smallest absolute Gasteiger partial charge is 0.248 e. The van der Waals surface area contributed by atoms with Crippen LogP contribution in [-0.4, -0.2) is 28.7 Å². The van der Waals surface area contributed by atoms with E-state index in [2.05, 4.69) is 5.32 Å². The molecule has 5 heteroatoms. The van der Waals surface area contributed by atoms with Crippen molar-refractivity contribution in [1.29, 1.82) is 0 Å². The SMILES string of the molecule is O=C(Nc1cccc2ccccc12)[C@H](Cc1ccccc1)N1C(=O)[C@@H]2[C@H]3CC[C@@H](C3)[C@H]2C1=O. The highest BCUT2D eigenvalue weighted by Gasteiger charge is 2.62. The highest BCUT2D eigenvalue weighted by atomic mass is 16.2. The monoisotopic (exact) mass is 438 g/mol. The molecule has 0 aromatic heterocycles. The Morgan fingerprint density at radius 3 is 2.21 bits per heavy atom. The van der Waals surface area contributed by atoms with Crippen LogP contribution < -0.4 is 5.32 Å². The fourth-order valence-electron chi connectivity index (χ4n) is 6.43. The van der Waals surface area contributed by atoms with E-state index < -0.39 is 6.04 Å². The number of anilines is 1. The molecule has 6 rings (SSSR count). The van der Waals surface area contributed by atoms with E-state index in [-0.39, 0.29) is 29.6 Å². The number of nitrogens with one attached hydrogen (secondary N) is 1. The highest BCUT2D eigenvalue weighted by molar-refractivity contribution is 6.12. The number of hydrogen-bond donors (Lipinski definition) is 1. The van der Waals surface area contributed by atoms with Gasteiger partial charge in [-0.25, -0.2) is 0 Å². The predicted molar refractivity (Wildman–Crippen MR) is 126 cm³/mol. The van der Waals surface area contributed by atoms with Crippen molar-refractivity contribution in [2.45, 2.75) is 31.7 Å². The van der Waals surface area contributed by atoms with Crippen molar-refractivity contribution in [3.63, 3.8) is 0 Å². The van der Waals surface area contributed by atoms with Gasteiger partial charge in [0.1, 0.15) is 6.04 Å². The van der Waals surface area contributed by atoms with E-state index in [9.17, 15) is 14.4 Å². The fourth-order valence-corrected chi connectivity index (χ4v) is 6.43. The summed E-state index contributed by atoms with van der Waals surface area (Å²) in [7, 11) is 0. The topological polar surface area (TPSA) is 66.5 Å². The lowest BCUT2D eigenvalue weighted by atomic mass is 9.81. The predicted octanol–water partition coefficient (Wildman–Crippen LogP) is 4.42. The van der Waals surface area contributed by atoms with Crippen LogP contribution in [-0.2, 0) is 20.8 Å². The van der Waals surface area contributed by atoms with E-state index >= 15 is 0 Å². The Kier molecular flexibility index (Phi) is 4.79. The van der Waals surface area contributed by atoms with Crippen LogP contribution in [0.3, 0.4) is 0 Å². The molecular weight excluding hydrogens is 412 g/mol. The van der Waals surface area contributed by atoms with Crippen LogP contribution in [0.25, 0.3) is 10.8 Å². The Bertz CT molecular complexity index is 1220. The summed E-state index contributed by atoms with van der Waals surface area (Å²) >= 11 is 0. The molecule has 0 radical (unpaired) electrons. The molecule has 2 aliphatic carbocycles. The van der Waals surface area contributed by atoms with Gasteiger partial charge in [-0.2, -0.15) is 0 Å². The number of likely N-dealkylation sites (tertiary alicyclic amines) is 1. The first-order valence-electron chi connectivity index (χ1n) is 11.8. The van der Waals surface area contributed by atoms with Crippen LogP contribution in [0.4, 0.5) is 5.69 Å². The molecular formula is C28H26N2O3. The van der Waals surface area contributed by atoms with Crippen LogP contribution in [0.15, 0.2) is 72.8 Å². The first-order valence-corrected chi connectivity index (χ1v) is 11.8. The summed E-state index contributed by atoms with van der Waals surface area (Å²) in [6.45, 7) is 0. The van der Waals surface area contributed by atoms with E-state index in [1.807, 2.05) is 72.8 Å². The molecule has 33 heavy (non-hydrogen) atoms. The normalized spacial score (nSPS) is 26.6. The Morgan fingerprint density at radius 2 is 1.48 bits per heavy atom. The van der Waals surface area contributed by atoms with Crippen molar-refractivity contribution in [3.05, 3.63) is 78.4 Å². The zero-order chi connectivity index (χ0) is 22.5. The molecule has 3 aromatic rings. The Morgan fingerprint density at radius 1 is 0.848 bits per heavy atom. The highest BCUT2D eigenvalue weighted by Crippen LogP contribution is 2.56. The van der Waals surface area contributed by atoms with E-state index in [4.69, 9.17) is 0 Å². The zero-order valence-electron chi connectivity index (χ0n) is 18.3. The number of nitrogens with zero attached hydrogens (tertiary/aromatic N) is 1. The molecule has 3 aliphatic rings. The number of rotatable bonds is 5. The van der Waals surface area contributed by atoms with Gasteiger partial charge in [0.2, 0.25) is 17.7 Å². The van der Waals surface area contributed by atoms with Gasteiger partial charge in [-0.1, -0.05) is 66.7 Å². The van der Waals surface area contributed by atoms with Crippen molar-refractivity contribution in [2.75, 3.05) is 5.32 Å². The molecule has 0 spiro atoms. The van der Waals surface area contributed by atoms with E-state index in [1.165, 1.54) is 4.90 Å². The molecule has 0 unspecified atom stereocenters. The lowest BCUT2D eigenvalue weighted by molar-refractivity contribution is -0.147.